The largest absolute Gasteiger partial charge is 0.478 e. The summed E-state index contributed by atoms with van der Waals surface area (Å²) in [5.41, 5.74) is -2.23. The van der Waals surface area contributed by atoms with E-state index < -0.39 is 34.9 Å². The van der Waals surface area contributed by atoms with Crippen molar-refractivity contribution in [2.45, 2.75) is 26.1 Å². The lowest BCUT2D eigenvalue weighted by molar-refractivity contribution is -0.143. The number of halogens is 3. The SMILES string of the molecule is [C-]#[N+]c1ccc(O[C@H]2C(=O)OCC2(C)C)cc1C(F)(F)F. The third-order valence-corrected chi connectivity index (χ3v) is 3.16. The lowest BCUT2D eigenvalue weighted by Gasteiger charge is -2.23. The minimum atomic E-state index is -4.66. The van der Waals surface area contributed by atoms with Crippen molar-refractivity contribution in [1.29, 1.82) is 0 Å². The normalized spacial score (nSPS) is 20.8. The molecule has 0 spiro atoms. The summed E-state index contributed by atoms with van der Waals surface area (Å²) >= 11 is 0. The molecule has 1 atom stereocenters. The lowest BCUT2D eigenvalue weighted by atomic mass is 9.90. The monoisotopic (exact) mass is 299 g/mol. The van der Waals surface area contributed by atoms with Crippen LogP contribution in [0.25, 0.3) is 4.85 Å². The Balaban J connectivity index is 2.34. The highest BCUT2D eigenvalue weighted by atomic mass is 19.4. The second-order valence-electron chi connectivity index (χ2n) is 5.38. The van der Waals surface area contributed by atoms with Gasteiger partial charge in [0.15, 0.2) is 5.69 Å². The van der Waals surface area contributed by atoms with Crippen molar-refractivity contribution in [3.8, 4) is 5.75 Å². The molecule has 1 aromatic rings. The Labute approximate surface area is 119 Å². The van der Waals surface area contributed by atoms with Crippen LogP contribution in [0.15, 0.2) is 18.2 Å². The van der Waals surface area contributed by atoms with E-state index in [1.54, 1.807) is 13.8 Å². The molecule has 7 heteroatoms. The van der Waals surface area contributed by atoms with Crippen LogP contribution >= 0.6 is 0 Å². The maximum atomic E-state index is 12.9. The van der Waals surface area contributed by atoms with Crippen LogP contribution in [-0.2, 0) is 15.7 Å². The van der Waals surface area contributed by atoms with Gasteiger partial charge in [-0.3, -0.25) is 0 Å². The molecular weight excluding hydrogens is 287 g/mol. The lowest BCUT2D eigenvalue weighted by Crippen LogP contribution is -2.35. The van der Waals surface area contributed by atoms with Crippen LogP contribution in [0, 0.1) is 12.0 Å². The summed E-state index contributed by atoms with van der Waals surface area (Å²) in [7, 11) is 0. The number of nitrogens with zero attached hydrogens (tertiary/aromatic N) is 1. The van der Waals surface area contributed by atoms with Gasteiger partial charge in [-0.2, -0.15) is 13.2 Å². The van der Waals surface area contributed by atoms with Crippen molar-refractivity contribution in [1.82, 2.24) is 0 Å². The molecule has 1 aliphatic heterocycles. The number of carbonyl (C=O) groups is 1. The Morgan fingerprint density at radius 1 is 1.43 bits per heavy atom. The predicted octanol–water partition coefficient (Wildman–Crippen LogP) is 3.59. The summed E-state index contributed by atoms with van der Waals surface area (Å²) in [6.45, 7) is 10.4. The number of rotatable bonds is 2. The first-order valence-electron chi connectivity index (χ1n) is 6.07. The van der Waals surface area contributed by atoms with E-state index in [9.17, 15) is 18.0 Å². The van der Waals surface area contributed by atoms with E-state index in [-0.39, 0.29) is 12.4 Å². The van der Waals surface area contributed by atoms with Crippen molar-refractivity contribution >= 4 is 11.7 Å². The molecule has 2 rings (SSSR count). The van der Waals surface area contributed by atoms with Gasteiger partial charge >= 0.3 is 12.1 Å². The molecule has 112 valence electrons. The van der Waals surface area contributed by atoms with Crippen molar-refractivity contribution in [3.63, 3.8) is 0 Å². The topological polar surface area (TPSA) is 39.9 Å². The van der Waals surface area contributed by atoms with E-state index >= 15 is 0 Å². The zero-order valence-corrected chi connectivity index (χ0v) is 11.3. The van der Waals surface area contributed by atoms with Gasteiger partial charge in [0.25, 0.3) is 0 Å². The van der Waals surface area contributed by atoms with Crippen LogP contribution in [0.4, 0.5) is 18.9 Å². The average Bonchev–Trinajstić information content (AvgIpc) is 2.64. The Kier molecular flexibility index (Phi) is 3.58. The molecule has 1 fully saturated rings. The zero-order chi connectivity index (χ0) is 15.8. The zero-order valence-electron chi connectivity index (χ0n) is 11.3. The minimum Gasteiger partial charge on any atom is -0.478 e. The van der Waals surface area contributed by atoms with Crippen LogP contribution in [0.2, 0.25) is 0 Å². The first-order valence-corrected chi connectivity index (χ1v) is 6.07. The van der Waals surface area contributed by atoms with Gasteiger partial charge in [-0.05, 0) is 12.1 Å². The molecule has 1 heterocycles. The molecule has 1 aromatic carbocycles. The Hall–Kier alpha value is -2.23. The van der Waals surface area contributed by atoms with Crippen LogP contribution < -0.4 is 4.74 Å². The number of benzene rings is 1. The molecule has 1 aliphatic rings. The number of cyclic esters (lactones) is 1. The number of ether oxygens (including phenoxy) is 2. The first kappa shape index (κ1) is 15.2. The van der Waals surface area contributed by atoms with Crippen LogP contribution in [-0.4, -0.2) is 18.7 Å². The van der Waals surface area contributed by atoms with E-state index in [2.05, 4.69) is 4.85 Å². The highest BCUT2D eigenvalue weighted by Crippen LogP contribution is 2.40. The van der Waals surface area contributed by atoms with Gasteiger partial charge in [0, 0.05) is 5.41 Å². The molecule has 21 heavy (non-hydrogen) atoms. The molecule has 0 saturated carbocycles. The molecule has 4 nitrogen and oxygen atoms in total. The molecule has 0 bridgehead atoms. The summed E-state index contributed by atoms with van der Waals surface area (Å²) < 4.78 is 48.8. The number of carbonyl (C=O) groups excluding carboxylic acids is 1. The summed E-state index contributed by atoms with van der Waals surface area (Å²) in [6, 6.07) is 3.00. The summed E-state index contributed by atoms with van der Waals surface area (Å²) in [6.07, 6.45) is -5.64. The molecule has 0 amide bonds. The maximum Gasteiger partial charge on any atom is 0.407 e. The number of hydrogen-bond acceptors (Lipinski definition) is 3. The minimum absolute atomic E-state index is 0.119. The second kappa shape index (κ2) is 4.95. The van der Waals surface area contributed by atoms with E-state index in [0.717, 1.165) is 12.1 Å². The van der Waals surface area contributed by atoms with Gasteiger partial charge in [-0.25, -0.2) is 9.64 Å². The molecule has 0 unspecified atom stereocenters. The quantitative estimate of drug-likeness (QED) is 0.619. The smallest absolute Gasteiger partial charge is 0.407 e. The molecule has 0 aromatic heterocycles. The third kappa shape index (κ3) is 2.94. The molecule has 0 aliphatic carbocycles. The third-order valence-electron chi connectivity index (χ3n) is 3.16. The van der Waals surface area contributed by atoms with Gasteiger partial charge < -0.3 is 9.47 Å². The van der Waals surface area contributed by atoms with Crippen LogP contribution in [0.3, 0.4) is 0 Å². The van der Waals surface area contributed by atoms with Gasteiger partial charge in [0.1, 0.15) is 12.4 Å². The van der Waals surface area contributed by atoms with E-state index in [4.69, 9.17) is 16.0 Å². The average molecular weight is 299 g/mol. The summed E-state index contributed by atoms with van der Waals surface area (Å²) in [5, 5.41) is 0. The van der Waals surface area contributed by atoms with E-state index in [0.29, 0.717) is 0 Å². The Bertz CT molecular complexity index is 617. The second-order valence-corrected chi connectivity index (χ2v) is 5.38. The van der Waals surface area contributed by atoms with Crippen molar-refractivity contribution in [3.05, 3.63) is 35.2 Å². The number of alkyl halides is 3. The number of hydrogen-bond donors (Lipinski definition) is 0. The highest BCUT2D eigenvalue weighted by Gasteiger charge is 2.46. The van der Waals surface area contributed by atoms with Crippen molar-refractivity contribution in [2.24, 2.45) is 5.41 Å². The van der Waals surface area contributed by atoms with Gasteiger partial charge in [-0.1, -0.05) is 19.9 Å². The van der Waals surface area contributed by atoms with Crippen LogP contribution in [0.5, 0.6) is 5.75 Å². The fourth-order valence-electron chi connectivity index (χ4n) is 1.98. The van der Waals surface area contributed by atoms with E-state index in [1.165, 1.54) is 6.07 Å². The molecule has 0 radical (unpaired) electrons. The molecule has 0 N–H and O–H groups in total. The molecule has 1 saturated heterocycles. The standard InChI is InChI=1S/C14H12F3NO3/c1-13(2)7-20-12(19)11(13)21-8-4-5-10(18-3)9(6-8)14(15,16)17/h4-6,11H,7H2,1-2H3/t11-/m0/s1. The van der Waals surface area contributed by atoms with Gasteiger partial charge in [0.05, 0.1) is 12.1 Å². The fraction of sp³-hybridized carbons (Fsp3) is 0.429. The number of esters is 1. The van der Waals surface area contributed by atoms with Crippen LogP contribution in [0.1, 0.15) is 19.4 Å². The maximum absolute atomic E-state index is 12.9. The summed E-state index contributed by atoms with van der Waals surface area (Å²) in [4.78, 5) is 14.4. The van der Waals surface area contributed by atoms with Crippen molar-refractivity contribution < 1.29 is 27.4 Å². The van der Waals surface area contributed by atoms with E-state index in [1.807, 2.05) is 0 Å². The molecular formula is C14H12F3NO3. The summed E-state index contributed by atoms with van der Waals surface area (Å²) in [5.74, 6) is -0.727. The highest BCUT2D eigenvalue weighted by molar-refractivity contribution is 5.78. The first-order chi connectivity index (χ1) is 9.65. The fourth-order valence-corrected chi connectivity index (χ4v) is 1.98. The van der Waals surface area contributed by atoms with Gasteiger partial charge in [-0.15, -0.1) is 0 Å². The van der Waals surface area contributed by atoms with Crippen molar-refractivity contribution in [2.75, 3.05) is 6.61 Å². The predicted molar refractivity (Wildman–Crippen MR) is 66.9 cm³/mol. The Morgan fingerprint density at radius 3 is 2.57 bits per heavy atom. The van der Waals surface area contributed by atoms with Gasteiger partial charge in [0.2, 0.25) is 6.10 Å². The Morgan fingerprint density at radius 2 is 2.10 bits per heavy atom.